The van der Waals surface area contributed by atoms with Crippen LogP contribution in [-0.4, -0.2) is 5.91 Å². The number of halogens is 1. The highest BCUT2D eigenvalue weighted by molar-refractivity contribution is 6.31. The van der Waals surface area contributed by atoms with Crippen molar-refractivity contribution in [3.05, 3.63) is 64.7 Å². The highest BCUT2D eigenvalue weighted by atomic mass is 35.5. The molecule has 0 fully saturated rings. The van der Waals surface area contributed by atoms with E-state index in [1.807, 2.05) is 48.5 Å². The minimum absolute atomic E-state index is 0.0483. The topological polar surface area (TPSA) is 29.1 Å². The van der Waals surface area contributed by atoms with Crippen molar-refractivity contribution >= 4 is 23.2 Å². The first-order valence-corrected chi connectivity index (χ1v) is 6.76. The Balaban J connectivity index is 1.93. The van der Waals surface area contributed by atoms with Crippen LogP contribution in [0.2, 0.25) is 5.02 Å². The molecule has 0 radical (unpaired) electrons. The fourth-order valence-electron chi connectivity index (χ4n) is 2.54. The summed E-state index contributed by atoms with van der Waals surface area (Å²) in [6.07, 6.45) is 1.70. The first kappa shape index (κ1) is 12.2. The third kappa shape index (κ3) is 2.49. The van der Waals surface area contributed by atoms with Crippen LogP contribution in [0.4, 0.5) is 5.69 Å². The maximum atomic E-state index is 12.3. The van der Waals surface area contributed by atoms with E-state index in [1.54, 1.807) is 0 Å². The minimum Gasteiger partial charge on any atom is -0.325 e. The molecule has 1 aliphatic rings. The number of hydrogen-bond donors (Lipinski definition) is 1. The lowest BCUT2D eigenvalue weighted by Crippen LogP contribution is -2.19. The van der Waals surface area contributed by atoms with Gasteiger partial charge in [-0.15, -0.1) is 0 Å². The van der Waals surface area contributed by atoms with Gasteiger partial charge < -0.3 is 5.32 Å². The molecular weight excluding hydrogens is 258 g/mol. The van der Waals surface area contributed by atoms with Gasteiger partial charge in [-0.05, 0) is 36.1 Å². The monoisotopic (exact) mass is 271 g/mol. The molecule has 1 N–H and O–H groups in total. The van der Waals surface area contributed by atoms with Gasteiger partial charge in [-0.3, -0.25) is 4.79 Å². The molecule has 0 bridgehead atoms. The Morgan fingerprint density at radius 3 is 2.68 bits per heavy atom. The van der Waals surface area contributed by atoms with E-state index in [0.29, 0.717) is 5.02 Å². The highest BCUT2D eigenvalue weighted by Crippen LogP contribution is 2.31. The van der Waals surface area contributed by atoms with Gasteiger partial charge in [0.15, 0.2) is 0 Å². The molecule has 1 heterocycles. The molecule has 1 aliphatic heterocycles. The number of aryl methyl sites for hydroxylation is 1. The van der Waals surface area contributed by atoms with Gasteiger partial charge in [-0.1, -0.05) is 48.0 Å². The van der Waals surface area contributed by atoms with Crippen LogP contribution >= 0.6 is 11.6 Å². The summed E-state index contributed by atoms with van der Waals surface area (Å²) < 4.78 is 0. The molecule has 0 aromatic heterocycles. The van der Waals surface area contributed by atoms with Gasteiger partial charge in [-0.25, -0.2) is 0 Å². The van der Waals surface area contributed by atoms with Crippen LogP contribution in [0.25, 0.3) is 0 Å². The van der Waals surface area contributed by atoms with E-state index in [1.165, 1.54) is 0 Å². The Labute approximate surface area is 117 Å². The van der Waals surface area contributed by atoms with Crippen LogP contribution < -0.4 is 5.32 Å². The number of benzene rings is 2. The van der Waals surface area contributed by atoms with Gasteiger partial charge in [0, 0.05) is 10.7 Å². The first-order chi connectivity index (χ1) is 9.24. The van der Waals surface area contributed by atoms with E-state index in [0.717, 1.165) is 29.7 Å². The second kappa shape index (κ2) is 5.06. The van der Waals surface area contributed by atoms with Crippen LogP contribution in [0.1, 0.15) is 23.5 Å². The Kier molecular flexibility index (Phi) is 3.26. The molecule has 19 heavy (non-hydrogen) atoms. The summed E-state index contributed by atoms with van der Waals surface area (Å²) in [6, 6.07) is 15.6. The largest absolute Gasteiger partial charge is 0.325 e. The molecule has 2 aromatic carbocycles. The SMILES string of the molecule is O=C1Nc2cc(Cl)ccc2CC[C@@H]1c1ccccc1. The maximum Gasteiger partial charge on any atom is 0.231 e. The van der Waals surface area contributed by atoms with Gasteiger partial charge in [0.25, 0.3) is 0 Å². The molecule has 0 spiro atoms. The minimum atomic E-state index is -0.0904. The molecule has 2 aromatic rings. The van der Waals surface area contributed by atoms with Crippen molar-refractivity contribution in [3.8, 4) is 0 Å². The zero-order valence-electron chi connectivity index (χ0n) is 10.4. The fourth-order valence-corrected chi connectivity index (χ4v) is 2.71. The molecule has 3 heteroatoms. The molecule has 0 aliphatic carbocycles. The molecule has 2 nitrogen and oxygen atoms in total. The standard InChI is InChI=1S/C16H14ClNO/c17-13-8-6-12-7-9-14(11-4-2-1-3-5-11)16(19)18-15(12)10-13/h1-6,8,10,14H,7,9H2,(H,18,19)/t14-/m1/s1. The number of hydrogen-bond acceptors (Lipinski definition) is 1. The Bertz CT molecular complexity index is 609. The van der Waals surface area contributed by atoms with Crippen molar-refractivity contribution in [2.45, 2.75) is 18.8 Å². The maximum absolute atomic E-state index is 12.3. The molecule has 0 saturated heterocycles. The first-order valence-electron chi connectivity index (χ1n) is 6.38. The number of anilines is 1. The van der Waals surface area contributed by atoms with E-state index >= 15 is 0 Å². The number of carbonyl (C=O) groups excluding carboxylic acids is 1. The van der Waals surface area contributed by atoms with E-state index < -0.39 is 0 Å². The normalized spacial score (nSPS) is 18.4. The van der Waals surface area contributed by atoms with E-state index in [-0.39, 0.29) is 11.8 Å². The third-order valence-electron chi connectivity index (χ3n) is 3.55. The molecular formula is C16H14ClNO. The number of carbonyl (C=O) groups is 1. The number of rotatable bonds is 1. The number of amides is 1. The number of nitrogens with one attached hydrogen (secondary N) is 1. The van der Waals surface area contributed by atoms with Crippen molar-refractivity contribution in [2.24, 2.45) is 0 Å². The third-order valence-corrected chi connectivity index (χ3v) is 3.79. The van der Waals surface area contributed by atoms with Gasteiger partial charge in [-0.2, -0.15) is 0 Å². The predicted octanol–water partition coefficient (Wildman–Crippen LogP) is 4.01. The zero-order chi connectivity index (χ0) is 13.2. The summed E-state index contributed by atoms with van der Waals surface area (Å²) in [5.41, 5.74) is 3.06. The van der Waals surface area contributed by atoms with Crippen LogP contribution in [0.15, 0.2) is 48.5 Å². The predicted molar refractivity (Wildman–Crippen MR) is 77.6 cm³/mol. The van der Waals surface area contributed by atoms with Gasteiger partial charge in [0.1, 0.15) is 0 Å². The van der Waals surface area contributed by atoms with Crippen LogP contribution in [-0.2, 0) is 11.2 Å². The smallest absolute Gasteiger partial charge is 0.231 e. The van der Waals surface area contributed by atoms with Gasteiger partial charge >= 0.3 is 0 Å². The number of fused-ring (bicyclic) bond motifs is 1. The van der Waals surface area contributed by atoms with Crippen molar-refractivity contribution in [1.29, 1.82) is 0 Å². The van der Waals surface area contributed by atoms with E-state index in [9.17, 15) is 4.79 Å². The molecule has 1 amide bonds. The Hall–Kier alpha value is -1.80. The van der Waals surface area contributed by atoms with Crippen LogP contribution in [0.3, 0.4) is 0 Å². The zero-order valence-corrected chi connectivity index (χ0v) is 11.2. The summed E-state index contributed by atoms with van der Waals surface area (Å²) in [7, 11) is 0. The quantitative estimate of drug-likeness (QED) is 0.834. The molecule has 96 valence electrons. The molecule has 0 saturated carbocycles. The summed E-state index contributed by atoms with van der Waals surface area (Å²) in [6.45, 7) is 0. The van der Waals surface area contributed by atoms with Crippen molar-refractivity contribution in [3.63, 3.8) is 0 Å². The fraction of sp³-hybridized carbons (Fsp3) is 0.188. The van der Waals surface area contributed by atoms with Crippen molar-refractivity contribution in [2.75, 3.05) is 5.32 Å². The lowest BCUT2D eigenvalue weighted by atomic mass is 9.93. The van der Waals surface area contributed by atoms with Gasteiger partial charge in [0.2, 0.25) is 5.91 Å². The van der Waals surface area contributed by atoms with Crippen LogP contribution in [0.5, 0.6) is 0 Å². The lowest BCUT2D eigenvalue weighted by Gasteiger charge is -2.13. The molecule has 0 unspecified atom stereocenters. The van der Waals surface area contributed by atoms with Crippen molar-refractivity contribution in [1.82, 2.24) is 0 Å². The van der Waals surface area contributed by atoms with Gasteiger partial charge in [0.05, 0.1) is 5.92 Å². The summed E-state index contributed by atoms with van der Waals surface area (Å²) in [5, 5.41) is 3.64. The average molecular weight is 272 g/mol. The summed E-state index contributed by atoms with van der Waals surface area (Å²) >= 11 is 5.98. The van der Waals surface area contributed by atoms with Crippen LogP contribution in [0, 0.1) is 0 Å². The van der Waals surface area contributed by atoms with Crippen molar-refractivity contribution < 1.29 is 4.79 Å². The summed E-state index contributed by atoms with van der Waals surface area (Å²) in [4.78, 5) is 12.3. The molecule has 3 rings (SSSR count). The van der Waals surface area contributed by atoms with E-state index in [4.69, 9.17) is 11.6 Å². The second-order valence-electron chi connectivity index (χ2n) is 4.79. The Morgan fingerprint density at radius 1 is 1.11 bits per heavy atom. The Morgan fingerprint density at radius 2 is 1.89 bits per heavy atom. The highest BCUT2D eigenvalue weighted by Gasteiger charge is 2.24. The molecule has 1 atom stereocenters. The second-order valence-corrected chi connectivity index (χ2v) is 5.23. The van der Waals surface area contributed by atoms with E-state index in [2.05, 4.69) is 5.32 Å². The average Bonchev–Trinajstić information content (AvgIpc) is 2.57. The summed E-state index contributed by atoms with van der Waals surface area (Å²) in [5.74, 6) is -0.0420. The lowest BCUT2D eigenvalue weighted by molar-refractivity contribution is -0.117.